The lowest BCUT2D eigenvalue weighted by Crippen LogP contribution is -2.50. The standard InChI is InChI=1S/C23H29FN4O/c1-23(2,24)17-26-11-13-27(14-12-26)21-7-9-25-22-20(21)8-10-28(22)15-18-3-5-19(16-29)6-4-18/h3-10,16,22,25H,11-15,17H2,1-2H3. The summed E-state index contributed by atoms with van der Waals surface area (Å²) >= 11 is 0. The van der Waals surface area contributed by atoms with Gasteiger partial charge in [0.15, 0.2) is 0 Å². The van der Waals surface area contributed by atoms with Crippen molar-refractivity contribution in [3.63, 3.8) is 0 Å². The van der Waals surface area contributed by atoms with Gasteiger partial charge >= 0.3 is 0 Å². The minimum atomic E-state index is -1.15. The van der Waals surface area contributed by atoms with Gasteiger partial charge in [-0.05, 0) is 31.6 Å². The SMILES string of the molecule is CC(C)(F)CN1CCN(C2=C3C=CN(Cc4ccc(C=O)cc4)C3NC=C2)CC1. The highest BCUT2D eigenvalue weighted by atomic mass is 19.1. The number of alkyl halides is 1. The van der Waals surface area contributed by atoms with Crippen LogP contribution in [0.15, 0.2) is 60.1 Å². The maximum absolute atomic E-state index is 13.9. The van der Waals surface area contributed by atoms with Crippen LogP contribution in [0.4, 0.5) is 4.39 Å². The normalized spacial score (nSPS) is 22.1. The molecule has 0 aliphatic carbocycles. The van der Waals surface area contributed by atoms with Gasteiger partial charge in [0.1, 0.15) is 18.1 Å². The average molecular weight is 397 g/mol. The zero-order valence-corrected chi connectivity index (χ0v) is 17.1. The molecular formula is C23H29FN4O. The first-order valence-corrected chi connectivity index (χ1v) is 10.2. The molecule has 1 aromatic rings. The zero-order chi connectivity index (χ0) is 20.4. The summed E-state index contributed by atoms with van der Waals surface area (Å²) in [6.45, 7) is 8.14. The topological polar surface area (TPSA) is 38.8 Å². The van der Waals surface area contributed by atoms with Crippen molar-refractivity contribution in [2.75, 3.05) is 32.7 Å². The summed E-state index contributed by atoms with van der Waals surface area (Å²) in [5.74, 6) is 0. The second kappa shape index (κ2) is 8.03. The predicted octanol–water partition coefficient (Wildman–Crippen LogP) is 2.89. The maximum Gasteiger partial charge on any atom is 0.150 e. The van der Waals surface area contributed by atoms with Crippen molar-refractivity contribution in [2.24, 2.45) is 0 Å². The Kier molecular flexibility index (Phi) is 5.46. The van der Waals surface area contributed by atoms with Crippen LogP contribution < -0.4 is 5.32 Å². The third-order valence-electron chi connectivity index (χ3n) is 5.66. The molecule has 0 radical (unpaired) electrons. The maximum atomic E-state index is 13.9. The number of allylic oxidation sites excluding steroid dienone is 1. The van der Waals surface area contributed by atoms with Crippen molar-refractivity contribution < 1.29 is 9.18 Å². The van der Waals surface area contributed by atoms with Crippen molar-refractivity contribution >= 4 is 6.29 Å². The number of hydrogen-bond donors (Lipinski definition) is 1. The average Bonchev–Trinajstić information content (AvgIpc) is 3.11. The number of rotatable bonds is 6. The number of hydrogen-bond acceptors (Lipinski definition) is 5. The van der Waals surface area contributed by atoms with Gasteiger partial charge in [-0.1, -0.05) is 24.3 Å². The fourth-order valence-corrected chi connectivity index (χ4v) is 4.28. The van der Waals surface area contributed by atoms with E-state index in [1.807, 2.05) is 30.5 Å². The van der Waals surface area contributed by atoms with Crippen molar-refractivity contribution in [2.45, 2.75) is 32.2 Å². The first-order valence-electron chi connectivity index (χ1n) is 10.2. The molecule has 1 aromatic carbocycles. The minimum absolute atomic E-state index is 0.114. The lowest BCUT2D eigenvalue weighted by molar-refractivity contribution is 0.0878. The molecule has 0 spiro atoms. The van der Waals surface area contributed by atoms with Crippen LogP contribution in [0.25, 0.3) is 0 Å². The number of piperazine rings is 1. The molecule has 0 saturated carbocycles. The Morgan fingerprint density at radius 3 is 2.52 bits per heavy atom. The lowest BCUT2D eigenvalue weighted by atomic mass is 10.1. The number of aldehydes is 1. The van der Waals surface area contributed by atoms with Crippen molar-refractivity contribution in [3.8, 4) is 0 Å². The molecule has 1 fully saturated rings. The Morgan fingerprint density at radius 2 is 1.86 bits per heavy atom. The number of nitrogens with zero attached hydrogens (tertiary/aromatic N) is 3. The molecule has 0 aromatic heterocycles. The number of carbonyl (C=O) groups excluding carboxylic acids is 1. The second-order valence-electron chi connectivity index (χ2n) is 8.57. The number of carbonyl (C=O) groups is 1. The molecule has 1 unspecified atom stereocenters. The third-order valence-corrected chi connectivity index (χ3v) is 5.66. The smallest absolute Gasteiger partial charge is 0.150 e. The second-order valence-corrected chi connectivity index (χ2v) is 8.57. The van der Waals surface area contributed by atoms with Gasteiger partial charge in [-0.3, -0.25) is 9.69 Å². The van der Waals surface area contributed by atoms with E-state index < -0.39 is 5.67 Å². The molecule has 5 nitrogen and oxygen atoms in total. The third kappa shape index (κ3) is 4.53. The molecule has 3 aliphatic rings. The zero-order valence-electron chi connectivity index (χ0n) is 17.1. The van der Waals surface area contributed by atoms with E-state index in [0.717, 1.165) is 39.0 Å². The Balaban J connectivity index is 1.42. The van der Waals surface area contributed by atoms with Crippen LogP contribution in [0.2, 0.25) is 0 Å². The van der Waals surface area contributed by atoms with E-state index in [-0.39, 0.29) is 6.17 Å². The molecule has 0 amide bonds. The minimum Gasteiger partial charge on any atom is -0.369 e. The Morgan fingerprint density at radius 1 is 1.14 bits per heavy atom. The van der Waals surface area contributed by atoms with Crippen LogP contribution >= 0.6 is 0 Å². The summed E-state index contributed by atoms with van der Waals surface area (Å²) in [5.41, 5.74) is 3.24. The number of nitrogens with one attached hydrogen (secondary N) is 1. The monoisotopic (exact) mass is 396 g/mol. The van der Waals surface area contributed by atoms with Gasteiger partial charge in [-0.25, -0.2) is 4.39 Å². The highest BCUT2D eigenvalue weighted by Crippen LogP contribution is 2.29. The summed E-state index contributed by atoms with van der Waals surface area (Å²) in [4.78, 5) is 17.8. The van der Waals surface area contributed by atoms with Gasteiger partial charge in [0.2, 0.25) is 0 Å². The van der Waals surface area contributed by atoms with Crippen molar-refractivity contribution in [1.29, 1.82) is 0 Å². The van der Waals surface area contributed by atoms with Gasteiger partial charge in [-0.15, -0.1) is 0 Å². The number of dihydropyridines is 1. The van der Waals surface area contributed by atoms with Crippen LogP contribution in [0.1, 0.15) is 29.8 Å². The van der Waals surface area contributed by atoms with E-state index in [1.165, 1.54) is 16.8 Å². The van der Waals surface area contributed by atoms with Crippen LogP contribution in [-0.4, -0.2) is 65.5 Å². The van der Waals surface area contributed by atoms with Gasteiger partial charge in [0, 0.05) is 68.5 Å². The van der Waals surface area contributed by atoms with E-state index in [1.54, 1.807) is 13.8 Å². The van der Waals surface area contributed by atoms with Crippen LogP contribution in [-0.2, 0) is 6.54 Å². The molecule has 1 N–H and O–H groups in total. The fraction of sp³-hybridized carbons (Fsp3) is 0.435. The molecule has 29 heavy (non-hydrogen) atoms. The highest BCUT2D eigenvalue weighted by molar-refractivity contribution is 5.74. The fourth-order valence-electron chi connectivity index (χ4n) is 4.28. The van der Waals surface area contributed by atoms with Crippen molar-refractivity contribution in [3.05, 3.63) is 71.2 Å². The summed E-state index contributed by atoms with van der Waals surface area (Å²) in [6.07, 6.45) is 9.48. The molecule has 3 aliphatic heterocycles. The summed E-state index contributed by atoms with van der Waals surface area (Å²) < 4.78 is 13.9. The van der Waals surface area contributed by atoms with E-state index in [9.17, 15) is 9.18 Å². The molecule has 3 heterocycles. The molecular weight excluding hydrogens is 367 g/mol. The van der Waals surface area contributed by atoms with Gasteiger partial charge in [-0.2, -0.15) is 0 Å². The Hall–Kier alpha value is -2.60. The van der Waals surface area contributed by atoms with Crippen LogP contribution in [0.3, 0.4) is 0 Å². The first kappa shape index (κ1) is 19.7. The first-order chi connectivity index (χ1) is 13.9. The number of benzene rings is 1. The molecule has 1 atom stereocenters. The van der Waals surface area contributed by atoms with Crippen LogP contribution in [0.5, 0.6) is 0 Å². The van der Waals surface area contributed by atoms with E-state index in [2.05, 4.69) is 38.4 Å². The van der Waals surface area contributed by atoms with Crippen LogP contribution in [0, 0.1) is 0 Å². The van der Waals surface area contributed by atoms with E-state index in [4.69, 9.17) is 0 Å². The van der Waals surface area contributed by atoms with E-state index in [0.29, 0.717) is 12.1 Å². The number of fused-ring (bicyclic) bond motifs is 1. The number of halogens is 1. The predicted molar refractivity (Wildman–Crippen MR) is 113 cm³/mol. The largest absolute Gasteiger partial charge is 0.369 e. The molecule has 1 saturated heterocycles. The Bertz CT molecular complexity index is 829. The lowest BCUT2D eigenvalue weighted by Gasteiger charge is -2.40. The summed E-state index contributed by atoms with van der Waals surface area (Å²) in [6, 6.07) is 7.72. The van der Waals surface area contributed by atoms with Crippen molar-refractivity contribution in [1.82, 2.24) is 20.0 Å². The summed E-state index contributed by atoms with van der Waals surface area (Å²) in [5, 5.41) is 3.47. The molecule has 4 rings (SSSR count). The molecule has 154 valence electrons. The van der Waals surface area contributed by atoms with Gasteiger partial charge in [0.25, 0.3) is 0 Å². The highest BCUT2D eigenvalue weighted by Gasteiger charge is 2.31. The molecule has 6 heteroatoms. The molecule has 0 bridgehead atoms. The Labute approximate surface area is 172 Å². The van der Waals surface area contributed by atoms with E-state index >= 15 is 0 Å². The van der Waals surface area contributed by atoms with Gasteiger partial charge < -0.3 is 15.1 Å². The summed E-state index contributed by atoms with van der Waals surface area (Å²) in [7, 11) is 0. The van der Waals surface area contributed by atoms with Gasteiger partial charge in [0.05, 0.1) is 0 Å². The quantitative estimate of drug-likeness (QED) is 0.749.